The van der Waals surface area contributed by atoms with E-state index >= 15 is 0 Å². The van der Waals surface area contributed by atoms with Crippen LogP contribution < -0.4 is 4.90 Å². The highest BCUT2D eigenvalue weighted by Gasteiger charge is 2.18. The zero-order valence-electron chi connectivity index (χ0n) is 23.2. The summed E-state index contributed by atoms with van der Waals surface area (Å²) in [5, 5.41) is 4.80. The van der Waals surface area contributed by atoms with Crippen molar-refractivity contribution in [2.45, 2.75) is 12.8 Å². The van der Waals surface area contributed by atoms with E-state index in [1.165, 1.54) is 49.8 Å². The fraction of sp³-hybridized carbons (Fsp3) is 0.0500. The van der Waals surface area contributed by atoms with Gasteiger partial charge in [0.2, 0.25) is 0 Å². The van der Waals surface area contributed by atoms with Gasteiger partial charge >= 0.3 is 0 Å². The molecule has 0 unspecified atom stereocenters. The van der Waals surface area contributed by atoms with Crippen LogP contribution in [0.4, 0.5) is 11.4 Å². The van der Waals surface area contributed by atoms with Crippen LogP contribution in [-0.4, -0.2) is 0 Å². The number of nitrogens with zero attached hydrogens (tertiary/aromatic N) is 1. The van der Waals surface area contributed by atoms with Crippen LogP contribution in [0.25, 0.3) is 49.4 Å². The molecule has 0 saturated carbocycles. The molecule has 1 aliphatic rings. The van der Waals surface area contributed by atoms with E-state index < -0.39 is 0 Å². The maximum Gasteiger partial charge on any atom is 0.136 e. The molecule has 0 radical (unpaired) electrons. The largest absolute Gasteiger partial charge is 0.456 e. The van der Waals surface area contributed by atoms with Crippen molar-refractivity contribution in [3.8, 4) is 11.1 Å². The van der Waals surface area contributed by atoms with Gasteiger partial charge in [0.05, 0.1) is 0 Å². The van der Waals surface area contributed by atoms with Crippen molar-refractivity contribution in [2.24, 2.45) is 0 Å². The zero-order valence-corrected chi connectivity index (χ0v) is 23.2. The second kappa shape index (κ2) is 10.2. The van der Waals surface area contributed by atoms with Crippen LogP contribution in [-0.2, 0) is 0 Å². The lowest BCUT2D eigenvalue weighted by molar-refractivity contribution is 0.669. The molecule has 0 spiro atoms. The minimum absolute atomic E-state index is 0.929. The second-order valence-corrected chi connectivity index (χ2v) is 10.9. The van der Waals surface area contributed by atoms with Gasteiger partial charge < -0.3 is 9.32 Å². The lowest BCUT2D eigenvalue weighted by Gasteiger charge is -2.30. The number of furan rings is 1. The number of benzene rings is 6. The number of para-hydroxylation sites is 2. The number of hydrogen-bond donors (Lipinski definition) is 0. The molecule has 0 amide bonds. The van der Waals surface area contributed by atoms with Gasteiger partial charge in [-0.2, -0.15) is 0 Å². The molecular formula is C40H29NO. The molecule has 0 aliphatic heterocycles. The first-order valence-corrected chi connectivity index (χ1v) is 14.6. The van der Waals surface area contributed by atoms with E-state index in [2.05, 4.69) is 144 Å². The first-order valence-electron chi connectivity index (χ1n) is 14.6. The maximum atomic E-state index is 6.16. The summed E-state index contributed by atoms with van der Waals surface area (Å²) in [6.45, 7) is 0. The van der Waals surface area contributed by atoms with E-state index in [0.717, 1.165) is 35.1 Å². The number of allylic oxidation sites excluding steroid dienone is 4. The molecule has 2 heteroatoms. The van der Waals surface area contributed by atoms with Gasteiger partial charge in [0.25, 0.3) is 0 Å². The Kier molecular flexibility index (Phi) is 5.97. The molecule has 8 rings (SSSR count). The third-order valence-corrected chi connectivity index (χ3v) is 8.41. The topological polar surface area (TPSA) is 16.4 Å². The summed E-state index contributed by atoms with van der Waals surface area (Å²) in [7, 11) is 0. The standard InChI is InChI=1S/C40H29NO/c1-3-10-28(11-4-1)29-18-22-32(23-19-29)41(31-12-5-2-6-13-31)33-24-20-30(21-25-33)34-15-9-16-36-35(34)26-27-39-40(36)37-14-7-8-17-38(37)42-39/h1-18,20-22,24-27H,19,23H2. The van der Waals surface area contributed by atoms with Gasteiger partial charge in [-0.25, -0.2) is 0 Å². The quantitative estimate of drug-likeness (QED) is 0.216. The van der Waals surface area contributed by atoms with Crippen LogP contribution in [0.3, 0.4) is 0 Å². The summed E-state index contributed by atoms with van der Waals surface area (Å²) >= 11 is 0. The third-order valence-electron chi connectivity index (χ3n) is 8.41. The second-order valence-electron chi connectivity index (χ2n) is 10.9. The number of hydrogen-bond acceptors (Lipinski definition) is 2. The van der Waals surface area contributed by atoms with Crippen molar-refractivity contribution in [1.82, 2.24) is 0 Å². The van der Waals surface area contributed by atoms with Gasteiger partial charge in [0.1, 0.15) is 11.2 Å². The van der Waals surface area contributed by atoms with Crippen molar-refractivity contribution in [3.05, 3.63) is 163 Å². The average molecular weight is 540 g/mol. The molecule has 2 nitrogen and oxygen atoms in total. The van der Waals surface area contributed by atoms with Gasteiger partial charge in [-0.15, -0.1) is 0 Å². The highest BCUT2D eigenvalue weighted by Crippen LogP contribution is 2.40. The molecule has 7 aromatic rings. The summed E-state index contributed by atoms with van der Waals surface area (Å²) < 4.78 is 6.16. The molecule has 0 bridgehead atoms. The normalized spacial score (nSPS) is 13.3. The molecule has 0 saturated heterocycles. The Morgan fingerprint density at radius 1 is 0.452 bits per heavy atom. The molecule has 1 heterocycles. The highest BCUT2D eigenvalue weighted by molar-refractivity contribution is 6.20. The molecule has 0 fully saturated rings. The van der Waals surface area contributed by atoms with E-state index in [1.54, 1.807) is 0 Å². The van der Waals surface area contributed by atoms with Crippen molar-refractivity contribution < 1.29 is 4.42 Å². The first-order chi connectivity index (χ1) is 20.8. The summed E-state index contributed by atoms with van der Waals surface area (Å²) in [6, 6.07) is 49.6. The van der Waals surface area contributed by atoms with E-state index in [1.807, 2.05) is 12.1 Å². The number of fused-ring (bicyclic) bond motifs is 5. The molecule has 1 aromatic heterocycles. The van der Waals surface area contributed by atoms with Crippen molar-refractivity contribution in [3.63, 3.8) is 0 Å². The van der Waals surface area contributed by atoms with Gasteiger partial charge in [-0.3, -0.25) is 0 Å². The fourth-order valence-electron chi connectivity index (χ4n) is 6.39. The minimum Gasteiger partial charge on any atom is -0.456 e. The van der Waals surface area contributed by atoms with Crippen LogP contribution in [0.1, 0.15) is 18.4 Å². The Labute approximate surface area is 245 Å². The lowest BCUT2D eigenvalue weighted by Crippen LogP contribution is -2.17. The Balaban J connectivity index is 1.20. The molecule has 1 aliphatic carbocycles. The highest BCUT2D eigenvalue weighted by atomic mass is 16.3. The Bertz CT molecular complexity index is 2120. The molecular weight excluding hydrogens is 510 g/mol. The Morgan fingerprint density at radius 3 is 1.95 bits per heavy atom. The fourth-order valence-corrected chi connectivity index (χ4v) is 6.39. The average Bonchev–Trinajstić information content (AvgIpc) is 3.46. The van der Waals surface area contributed by atoms with Crippen LogP contribution >= 0.6 is 0 Å². The van der Waals surface area contributed by atoms with Gasteiger partial charge in [-0.05, 0) is 88.4 Å². The van der Waals surface area contributed by atoms with Crippen molar-refractivity contribution in [2.75, 3.05) is 4.90 Å². The molecule has 0 N–H and O–H groups in total. The zero-order chi connectivity index (χ0) is 27.9. The maximum absolute atomic E-state index is 6.16. The monoisotopic (exact) mass is 539 g/mol. The number of rotatable bonds is 5. The summed E-state index contributed by atoms with van der Waals surface area (Å²) in [5.41, 5.74) is 10.6. The van der Waals surface area contributed by atoms with E-state index in [9.17, 15) is 0 Å². The van der Waals surface area contributed by atoms with Crippen LogP contribution in [0, 0.1) is 0 Å². The lowest BCUT2D eigenvalue weighted by atomic mass is 9.94. The SMILES string of the molecule is C1=C(c2ccccc2)CCC(N(c2ccccc2)c2ccc(-c3cccc4c3ccc3oc5ccccc5c34)cc2)=C1. The van der Waals surface area contributed by atoms with Crippen molar-refractivity contribution in [1.29, 1.82) is 0 Å². The van der Waals surface area contributed by atoms with Gasteiger partial charge in [0.15, 0.2) is 0 Å². The predicted octanol–water partition coefficient (Wildman–Crippen LogP) is 11.3. The van der Waals surface area contributed by atoms with Gasteiger partial charge in [0, 0.05) is 27.8 Å². The van der Waals surface area contributed by atoms with E-state index in [-0.39, 0.29) is 0 Å². The van der Waals surface area contributed by atoms with Crippen LogP contribution in [0.2, 0.25) is 0 Å². The van der Waals surface area contributed by atoms with Crippen LogP contribution in [0.5, 0.6) is 0 Å². The smallest absolute Gasteiger partial charge is 0.136 e. The summed E-state index contributed by atoms with van der Waals surface area (Å²) in [4.78, 5) is 2.40. The van der Waals surface area contributed by atoms with Gasteiger partial charge in [-0.1, -0.05) is 109 Å². The van der Waals surface area contributed by atoms with Crippen molar-refractivity contribution >= 4 is 49.7 Å². The minimum atomic E-state index is 0.929. The van der Waals surface area contributed by atoms with E-state index in [0.29, 0.717) is 0 Å². The Morgan fingerprint density at radius 2 is 1.17 bits per heavy atom. The third kappa shape index (κ3) is 4.20. The van der Waals surface area contributed by atoms with Crippen LogP contribution in [0.15, 0.2) is 162 Å². The summed E-state index contributed by atoms with van der Waals surface area (Å²) in [5.74, 6) is 0. The number of anilines is 2. The Hall–Kier alpha value is -5.34. The summed E-state index contributed by atoms with van der Waals surface area (Å²) in [6.07, 6.45) is 6.58. The molecule has 6 aromatic carbocycles. The van der Waals surface area contributed by atoms with E-state index in [4.69, 9.17) is 4.42 Å². The first kappa shape index (κ1) is 24.5. The molecule has 200 valence electrons. The molecule has 0 atom stereocenters. The predicted molar refractivity (Wildman–Crippen MR) is 177 cm³/mol. The molecule has 42 heavy (non-hydrogen) atoms.